The lowest BCUT2D eigenvalue weighted by atomic mass is 10.2. The number of hydrogen-bond donors (Lipinski definition) is 4. The van der Waals surface area contributed by atoms with E-state index in [0.717, 1.165) is 0 Å². The summed E-state index contributed by atoms with van der Waals surface area (Å²) in [6.45, 7) is 4.30. The van der Waals surface area contributed by atoms with Crippen LogP contribution in [-0.2, 0) is 23.4 Å². The highest BCUT2D eigenvalue weighted by molar-refractivity contribution is 7.52. The van der Waals surface area contributed by atoms with E-state index in [4.69, 9.17) is 53.2 Å². The third kappa shape index (κ3) is 6.38. The minimum Gasteiger partial charge on any atom is -0.462 e. The predicted molar refractivity (Wildman–Crippen MR) is 143 cm³/mol. The molecule has 2 aromatic heterocycles. The predicted octanol–water partition coefficient (Wildman–Crippen LogP) is 2.56. The maximum atomic E-state index is 13.7. The van der Waals surface area contributed by atoms with Gasteiger partial charge in [0.05, 0.1) is 19.0 Å². The summed E-state index contributed by atoms with van der Waals surface area (Å²) in [7, 11) is -4.25. The van der Waals surface area contributed by atoms with Gasteiger partial charge in [-0.05, 0) is 32.9 Å². The Labute approximate surface area is 233 Å². The van der Waals surface area contributed by atoms with Gasteiger partial charge < -0.3 is 30.6 Å². The van der Waals surface area contributed by atoms with Crippen LogP contribution in [-0.4, -0.2) is 65.9 Å². The van der Waals surface area contributed by atoms with Crippen molar-refractivity contribution in [3.63, 3.8) is 0 Å². The Morgan fingerprint density at radius 2 is 1.95 bits per heavy atom. The minimum absolute atomic E-state index is 0.0274. The van der Waals surface area contributed by atoms with E-state index in [0.29, 0.717) is 0 Å². The van der Waals surface area contributed by atoms with Gasteiger partial charge in [0.15, 0.2) is 22.0 Å². The molecule has 0 radical (unpaired) electrons. The first-order chi connectivity index (χ1) is 18.3. The number of anilines is 2. The van der Waals surface area contributed by atoms with Gasteiger partial charge in [0, 0.05) is 0 Å². The van der Waals surface area contributed by atoms with Gasteiger partial charge in [0.25, 0.3) is 0 Å². The average Bonchev–Trinajstić information content (AvgIpc) is 3.36. The number of halogens is 2. The zero-order valence-electron chi connectivity index (χ0n) is 21.1. The zero-order valence-corrected chi connectivity index (χ0v) is 23.5. The number of carbonyl (C=O) groups excluding carboxylic acids is 1. The summed E-state index contributed by atoms with van der Waals surface area (Å²) in [5.41, 5.74) is 12.0. The van der Waals surface area contributed by atoms with Gasteiger partial charge in [0.1, 0.15) is 29.5 Å². The standard InChI is InChI=1S/C22H28Cl2N7O7P/c1-11(2)36-19(33)12(3)30-39(34,38-13-7-5-4-6-8-13)35-9-14-16(32)22(23,24)20(37-14)31-10-27-15-17(25)28-21(26)29-18(15)31/h4-8,10-12,14,16,20,32H,9H2,1-3H3,(H,30,34)(H4,25,26,28,29). The number of imidazole rings is 1. The van der Waals surface area contributed by atoms with Gasteiger partial charge in [-0.25, -0.2) is 9.55 Å². The molecule has 3 heterocycles. The maximum absolute atomic E-state index is 13.7. The third-order valence-corrected chi connectivity index (χ3v) is 8.00. The number of esters is 1. The highest BCUT2D eigenvalue weighted by atomic mass is 35.5. The number of hydrogen-bond acceptors (Lipinski definition) is 12. The molecule has 3 aromatic rings. The van der Waals surface area contributed by atoms with Crippen molar-refractivity contribution in [2.24, 2.45) is 0 Å². The highest BCUT2D eigenvalue weighted by Gasteiger charge is 2.56. The molecule has 0 bridgehead atoms. The van der Waals surface area contributed by atoms with Crippen molar-refractivity contribution < 1.29 is 33.0 Å². The van der Waals surface area contributed by atoms with Crippen LogP contribution in [0.1, 0.15) is 27.0 Å². The topological polar surface area (TPSA) is 199 Å². The molecule has 0 spiro atoms. The fourth-order valence-electron chi connectivity index (χ4n) is 3.74. The number of nitrogen functional groups attached to an aromatic ring is 2. The molecule has 1 aromatic carbocycles. The van der Waals surface area contributed by atoms with E-state index in [1.807, 2.05) is 0 Å². The van der Waals surface area contributed by atoms with Crippen LogP contribution < -0.4 is 21.1 Å². The number of aliphatic hydroxyl groups excluding tert-OH is 1. The second-order valence-corrected chi connectivity index (χ2v) is 12.1. The SMILES string of the molecule is CC(C)OC(=O)C(C)NP(=O)(OCC1OC(n2cnc3c(N)nc(N)nc32)C(Cl)(Cl)C1O)Oc1ccccc1. The number of carbonyl (C=O) groups is 1. The maximum Gasteiger partial charge on any atom is 0.459 e. The molecule has 6 N–H and O–H groups in total. The largest absolute Gasteiger partial charge is 0.462 e. The van der Waals surface area contributed by atoms with Crippen LogP contribution in [0, 0.1) is 0 Å². The third-order valence-electron chi connectivity index (χ3n) is 5.53. The van der Waals surface area contributed by atoms with Crippen LogP contribution in [0.4, 0.5) is 11.8 Å². The highest BCUT2D eigenvalue weighted by Crippen LogP contribution is 2.50. The summed E-state index contributed by atoms with van der Waals surface area (Å²) in [6, 6.07) is 7.10. The molecule has 212 valence electrons. The molecular weight excluding hydrogens is 576 g/mol. The Morgan fingerprint density at radius 1 is 1.26 bits per heavy atom. The molecule has 4 rings (SSSR count). The molecule has 14 nitrogen and oxygen atoms in total. The van der Waals surface area contributed by atoms with Crippen molar-refractivity contribution in [2.45, 2.75) is 55.7 Å². The Balaban J connectivity index is 1.55. The first-order valence-electron chi connectivity index (χ1n) is 11.7. The molecule has 39 heavy (non-hydrogen) atoms. The second kappa shape index (κ2) is 11.4. The number of aliphatic hydroxyl groups is 1. The summed E-state index contributed by atoms with van der Waals surface area (Å²) in [6.07, 6.45) is -3.06. The monoisotopic (exact) mass is 603 g/mol. The number of aromatic nitrogens is 4. The van der Waals surface area contributed by atoms with Gasteiger partial charge in [-0.15, -0.1) is 0 Å². The van der Waals surface area contributed by atoms with Gasteiger partial charge in [-0.2, -0.15) is 15.1 Å². The van der Waals surface area contributed by atoms with Gasteiger partial charge in [0.2, 0.25) is 5.95 Å². The number of nitrogens with one attached hydrogen (secondary N) is 1. The average molecular weight is 604 g/mol. The van der Waals surface area contributed by atoms with Crippen molar-refractivity contribution in [1.29, 1.82) is 0 Å². The van der Waals surface area contributed by atoms with Gasteiger partial charge >= 0.3 is 13.7 Å². The van der Waals surface area contributed by atoms with Crippen LogP contribution in [0.25, 0.3) is 11.2 Å². The van der Waals surface area contributed by atoms with Gasteiger partial charge in [-0.1, -0.05) is 41.4 Å². The number of alkyl halides is 2. The summed E-state index contributed by atoms with van der Waals surface area (Å²) < 4.78 is 35.5. The van der Waals surface area contributed by atoms with E-state index < -0.39 is 55.2 Å². The molecule has 0 amide bonds. The van der Waals surface area contributed by atoms with Crippen LogP contribution in [0.3, 0.4) is 0 Å². The molecule has 1 fully saturated rings. The van der Waals surface area contributed by atoms with E-state index in [1.54, 1.807) is 44.2 Å². The number of nitrogens with zero attached hydrogens (tertiary/aromatic N) is 4. The smallest absolute Gasteiger partial charge is 0.459 e. The Kier molecular flexibility index (Phi) is 8.57. The normalized spacial score (nSPS) is 23.0. The molecular formula is C22H28Cl2N7O7P. The number of fused-ring (bicyclic) bond motifs is 1. The first kappa shape index (κ1) is 29.3. The van der Waals surface area contributed by atoms with E-state index in [9.17, 15) is 14.5 Å². The van der Waals surface area contributed by atoms with Crippen LogP contribution in [0.5, 0.6) is 5.75 Å². The molecule has 0 saturated carbocycles. The van der Waals surface area contributed by atoms with Crippen molar-refractivity contribution in [2.75, 3.05) is 18.1 Å². The summed E-state index contributed by atoms with van der Waals surface area (Å²) >= 11 is 13.0. The molecule has 1 aliphatic rings. The van der Waals surface area contributed by atoms with E-state index in [1.165, 1.54) is 17.8 Å². The molecule has 0 aliphatic carbocycles. The van der Waals surface area contributed by atoms with E-state index >= 15 is 0 Å². The summed E-state index contributed by atoms with van der Waals surface area (Å²) in [5, 5.41) is 13.5. The molecule has 1 aliphatic heterocycles. The van der Waals surface area contributed by atoms with Crippen molar-refractivity contribution in [1.82, 2.24) is 24.6 Å². The zero-order chi connectivity index (χ0) is 28.5. The van der Waals surface area contributed by atoms with Crippen LogP contribution in [0.2, 0.25) is 0 Å². The first-order valence-corrected chi connectivity index (χ1v) is 14.0. The molecule has 1 saturated heterocycles. The number of rotatable bonds is 10. The lowest BCUT2D eigenvalue weighted by Gasteiger charge is -2.25. The van der Waals surface area contributed by atoms with Crippen LogP contribution >= 0.6 is 30.9 Å². The van der Waals surface area contributed by atoms with E-state index in [-0.39, 0.29) is 28.7 Å². The fourth-order valence-corrected chi connectivity index (χ4v) is 5.84. The molecule has 5 unspecified atom stereocenters. The van der Waals surface area contributed by atoms with Crippen molar-refractivity contribution in [3.8, 4) is 5.75 Å². The summed E-state index contributed by atoms with van der Waals surface area (Å²) in [5.74, 6) is -0.562. The Bertz CT molecular complexity index is 1380. The van der Waals surface area contributed by atoms with Crippen molar-refractivity contribution >= 4 is 59.8 Å². The lowest BCUT2D eigenvalue weighted by Crippen LogP contribution is -2.39. The Morgan fingerprint density at radius 3 is 2.62 bits per heavy atom. The number of para-hydroxylation sites is 1. The molecule has 5 atom stereocenters. The number of nitrogens with two attached hydrogens (primary N) is 2. The van der Waals surface area contributed by atoms with E-state index in [2.05, 4.69) is 20.0 Å². The number of benzene rings is 1. The number of ether oxygens (including phenoxy) is 2. The second-order valence-electron chi connectivity index (χ2n) is 8.97. The van der Waals surface area contributed by atoms with Gasteiger partial charge in [-0.3, -0.25) is 13.9 Å². The quantitative estimate of drug-likeness (QED) is 0.150. The molecule has 17 heteroatoms. The van der Waals surface area contributed by atoms with Crippen molar-refractivity contribution in [3.05, 3.63) is 36.7 Å². The van der Waals surface area contributed by atoms with Crippen LogP contribution in [0.15, 0.2) is 36.7 Å². The Hall–Kier alpha value is -2.71. The fraction of sp³-hybridized carbons (Fsp3) is 0.455. The lowest BCUT2D eigenvalue weighted by molar-refractivity contribution is -0.149. The summed E-state index contributed by atoms with van der Waals surface area (Å²) in [4.78, 5) is 24.5. The minimum atomic E-state index is -4.25.